The number of nitrogens with one attached hydrogen (secondary N) is 1. The van der Waals surface area contributed by atoms with Gasteiger partial charge in [0.05, 0.1) is 13.2 Å². The number of nitrogens with zero attached hydrogens (tertiary/aromatic N) is 1. The Bertz CT molecular complexity index is 273. The summed E-state index contributed by atoms with van der Waals surface area (Å²) in [6.45, 7) is 7.19. The van der Waals surface area contributed by atoms with Gasteiger partial charge in [0.2, 0.25) is 0 Å². The minimum absolute atomic E-state index is 0.0597. The summed E-state index contributed by atoms with van der Waals surface area (Å²) in [5, 5.41) is 12.0. The summed E-state index contributed by atoms with van der Waals surface area (Å²) in [6, 6.07) is 0. The lowest BCUT2D eigenvalue weighted by molar-refractivity contribution is -0.126. The second-order valence-corrected chi connectivity index (χ2v) is 6.53. The van der Waals surface area contributed by atoms with E-state index >= 15 is 0 Å². The molecule has 3 nitrogen and oxygen atoms in total. The van der Waals surface area contributed by atoms with Gasteiger partial charge in [-0.2, -0.15) is 13.2 Å². The molecule has 1 saturated heterocycles. The number of piperidine rings is 1. The van der Waals surface area contributed by atoms with Crippen LogP contribution in [0.5, 0.6) is 0 Å². The van der Waals surface area contributed by atoms with Crippen molar-refractivity contribution in [2.75, 3.05) is 32.8 Å². The Morgan fingerprint density at radius 1 is 1.16 bits per heavy atom. The zero-order valence-corrected chi connectivity index (χ0v) is 12.0. The number of likely N-dealkylation sites (tertiary alicyclic amines) is 1. The average Bonchev–Trinajstić information content (AvgIpc) is 2.26. The molecule has 6 heteroatoms. The maximum atomic E-state index is 12.1. The van der Waals surface area contributed by atoms with Gasteiger partial charge >= 0.3 is 6.18 Å². The lowest BCUT2D eigenvalue weighted by atomic mass is 9.78. The first-order chi connectivity index (χ1) is 8.58. The predicted octanol–water partition coefficient (Wildman–Crippen LogP) is 2.01. The highest BCUT2D eigenvalue weighted by atomic mass is 19.4. The van der Waals surface area contributed by atoms with E-state index in [1.807, 2.05) is 0 Å². The van der Waals surface area contributed by atoms with E-state index in [0.717, 1.165) is 25.9 Å². The number of aliphatic hydroxyl groups is 1. The molecular formula is C13H25F3N2O. The summed E-state index contributed by atoms with van der Waals surface area (Å²) in [5.74, 6) is 0. The molecule has 0 aromatic rings. The topological polar surface area (TPSA) is 35.5 Å². The van der Waals surface area contributed by atoms with Crippen molar-refractivity contribution in [3.8, 4) is 0 Å². The molecule has 19 heavy (non-hydrogen) atoms. The third kappa shape index (κ3) is 5.28. The van der Waals surface area contributed by atoms with Crippen molar-refractivity contribution >= 4 is 0 Å². The van der Waals surface area contributed by atoms with Gasteiger partial charge in [-0.1, -0.05) is 0 Å². The molecule has 0 aliphatic carbocycles. The first-order valence-corrected chi connectivity index (χ1v) is 6.71. The van der Waals surface area contributed by atoms with Crippen LogP contribution in [-0.2, 0) is 0 Å². The number of alkyl halides is 3. The third-order valence-corrected chi connectivity index (χ3v) is 3.93. The summed E-state index contributed by atoms with van der Waals surface area (Å²) in [7, 11) is 0. The molecular weight excluding hydrogens is 257 g/mol. The van der Waals surface area contributed by atoms with Crippen molar-refractivity contribution in [2.45, 2.75) is 45.3 Å². The first-order valence-electron chi connectivity index (χ1n) is 6.71. The van der Waals surface area contributed by atoms with Gasteiger partial charge in [0, 0.05) is 17.5 Å². The van der Waals surface area contributed by atoms with E-state index in [-0.39, 0.29) is 18.7 Å². The van der Waals surface area contributed by atoms with E-state index < -0.39 is 18.1 Å². The second-order valence-electron chi connectivity index (χ2n) is 6.53. The Labute approximate surface area is 113 Å². The van der Waals surface area contributed by atoms with E-state index in [9.17, 15) is 18.3 Å². The zero-order valence-electron chi connectivity index (χ0n) is 12.0. The molecule has 0 aromatic heterocycles. The fourth-order valence-electron chi connectivity index (χ4n) is 2.51. The molecule has 2 N–H and O–H groups in total. The summed E-state index contributed by atoms with van der Waals surface area (Å²) in [5.41, 5.74) is -0.339. The highest BCUT2D eigenvalue weighted by Crippen LogP contribution is 2.33. The van der Waals surface area contributed by atoms with Gasteiger partial charge in [-0.3, -0.25) is 4.90 Å². The third-order valence-electron chi connectivity index (χ3n) is 3.93. The summed E-state index contributed by atoms with van der Waals surface area (Å²) < 4.78 is 36.4. The average molecular weight is 282 g/mol. The molecule has 0 saturated carbocycles. The van der Waals surface area contributed by atoms with Crippen molar-refractivity contribution in [1.82, 2.24) is 10.2 Å². The molecule has 0 bridgehead atoms. The standard InChI is InChI=1S/C13H25F3N2O/c1-11(2,3)18-6-4-12(10-19,5-7-18)8-17-9-13(14,15)16/h17,19H,4-10H2,1-3H3. The van der Waals surface area contributed by atoms with Gasteiger partial charge in [-0.15, -0.1) is 0 Å². The highest BCUT2D eigenvalue weighted by molar-refractivity contribution is 4.91. The monoisotopic (exact) mass is 282 g/mol. The maximum Gasteiger partial charge on any atom is 0.401 e. The van der Waals surface area contributed by atoms with Crippen molar-refractivity contribution in [1.29, 1.82) is 0 Å². The second kappa shape index (κ2) is 5.97. The van der Waals surface area contributed by atoms with Crippen LogP contribution in [0.2, 0.25) is 0 Å². The van der Waals surface area contributed by atoms with E-state index in [0.29, 0.717) is 0 Å². The molecule has 0 spiro atoms. The molecule has 1 fully saturated rings. The molecule has 1 aliphatic heterocycles. The minimum atomic E-state index is -4.19. The number of hydrogen-bond acceptors (Lipinski definition) is 3. The molecule has 0 atom stereocenters. The van der Waals surface area contributed by atoms with Crippen molar-refractivity contribution < 1.29 is 18.3 Å². The van der Waals surface area contributed by atoms with Crippen molar-refractivity contribution in [3.63, 3.8) is 0 Å². The first kappa shape index (κ1) is 16.7. The van der Waals surface area contributed by atoms with Gasteiger partial charge in [0.1, 0.15) is 0 Å². The molecule has 0 unspecified atom stereocenters. The van der Waals surface area contributed by atoms with Crippen LogP contribution >= 0.6 is 0 Å². The highest BCUT2D eigenvalue weighted by Gasteiger charge is 2.37. The summed E-state index contributed by atoms with van der Waals surface area (Å²) in [4.78, 5) is 2.31. The largest absolute Gasteiger partial charge is 0.401 e. The van der Waals surface area contributed by atoms with E-state index in [4.69, 9.17) is 0 Å². The molecule has 1 aliphatic rings. The fraction of sp³-hybridized carbons (Fsp3) is 1.00. The normalized spacial score (nSPS) is 21.6. The Morgan fingerprint density at radius 3 is 2.05 bits per heavy atom. The Balaban J connectivity index is 2.47. The van der Waals surface area contributed by atoms with Crippen LogP contribution in [0.3, 0.4) is 0 Å². The Morgan fingerprint density at radius 2 is 1.68 bits per heavy atom. The SMILES string of the molecule is CC(C)(C)N1CCC(CO)(CNCC(F)(F)F)CC1. The molecule has 1 heterocycles. The van der Waals surface area contributed by atoms with Crippen molar-refractivity contribution in [3.05, 3.63) is 0 Å². The van der Waals surface area contributed by atoms with Crippen LogP contribution in [-0.4, -0.2) is 54.5 Å². The minimum Gasteiger partial charge on any atom is -0.396 e. The fourth-order valence-corrected chi connectivity index (χ4v) is 2.51. The van der Waals surface area contributed by atoms with Gasteiger partial charge in [-0.05, 0) is 46.7 Å². The van der Waals surface area contributed by atoms with Gasteiger partial charge in [0.25, 0.3) is 0 Å². The zero-order chi connectivity index (χ0) is 14.7. The smallest absolute Gasteiger partial charge is 0.396 e. The lowest BCUT2D eigenvalue weighted by Gasteiger charge is -2.46. The number of rotatable bonds is 4. The van der Waals surface area contributed by atoms with Crippen LogP contribution in [0.15, 0.2) is 0 Å². The van der Waals surface area contributed by atoms with E-state index in [1.54, 1.807) is 0 Å². The van der Waals surface area contributed by atoms with Crippen LogP contribution < -0.4 is 5.32 Å². The Kier molecular flexibility index (Phi) is 5.26. The van der Waals surface area contributed by atoms with E-state index in [2.05, 4.69) is 31.0 Å². The predicted molar refractivity (Wildman–Crippen MR) is 69.0 cm³/mol. The maximum absolute atomic E-state index is 12.1. The van der Waals surface area contributed by atoms with Crippen LogP contribution in [0.25, 0.3) is 0 Å². The van der Waals surface area contributed by atoms with Gasteiger partial charge < -0.3 is 10.4 Å². The molecule has 0 radical (unpaired) electrons. The quantitative estimate of drug-likeness (QED) is 0.828. The van der Waals surface area contributed by atoms with Crippen LogP contribution in [0.4, 0.5) is 13.2 Å². The van der Waals surface area contributed by atoms with Crippen molar-refractivity contribution in [2.24, 2.45) is 5.41 Å². The molecule has 0 amide bonds. The lowest BCUT2D eigenvalue weighted by Crippen LogP contribution is -2.53. The number of aliphatic hydroxyl groups excluding tert-OH is 1. The van der Waals surface area contributed by atoms with Gasteiger partial charge in [0.15, 0.2) is 0 Å². The van der Waals surface area contributed by atoms with E-state index in [1.165, 1.54) is 0 Å². The Hall–Kier alpha value is -0.330. The molecule has 0 aromatic carbocycles. The number of hydrogen-bond donors (Lipinski definition) is 2. The van der Waals surface area contributed by atoms with Crippen LogP contribution in [0.1, 0.15) is 33.6 Å². The van der Waals surface area contributed by atoms with Gasteiger partial charge in [-0.25, -0.2) is 0 Å². The summed E-state index contributed by atoms with van der Waals surface area (Å²) in [6.07, 6.45) is -2.74. The van der Waals surface area contributed by atoms with Crippen LogP contribution in [0, 0.1) is 5.41 Å². The molecule has 114 valence electrons. The number of halogens is 3. The molecule has 1 rings (SSSR count). The summed E-state index contributed by atoms with van der Waals surface area (Å²) >= 11 is 0.